The molecule has 0 bridgehead atoms. The maximum atomic E-state index is 3.28. The van der Waals surface area contributed by atoms with Crippen LogP contribution in [0.1, 0.15) is 19.3 Å². The van der Waals surface area contributed by atoms with Gasteiger partial charge in [-0.25, -0.2) is 0 Å². The van der Waals surface area contributed by atoms with Gasteiger partial charge in [0.25, 0.3) is 0 Å². The zero-order valence-corrected chi connectivity index (χ0v) is 6.86. The van der Waals surface area contributed by atoms with Crippen molar-refractivity contribution >= 4 is 17.0 Å². The van der Waals surface area contributed by atoms with Crippen LogP contribution in [0.5, 0.6) is 0 Å². The molecule has 1 heterocycles. The molecule has 0 aliphatic carbocycles. The average molecular weight is 183 g/mol. The van der Waals surface area contributed by atoms with Crippen molar-refractivity contribution in [3.05, 3.63) is 0 Å². The van der Waals surface area contributed by atoms with Gasteiger partial charge in [-0.3, -0.25) is 0 Å². The Labute approximate surface area is 61.4 Å². The summed E-state index contributed by atoms with van der Waals surface area (Å²) in [5, 5.41) is 3.28. The van der Waals surface area contributed by atoms with Crippen LogP contribution in [0.15, 0.2) is 0 Å². The first kappa shape index (κ1) is 11.2. The van der Waals surface area contributed by atoms with E-state index in [4.69, 9.17) is 0 Å². The van der Waals surface area contributed by atoms with Crippen LogP contribution < -0.4 is 11.5 Å². The Morgan fingerprint density at radius 2 is 1.38 bits per heavy atom. The minimum atomic E-state index is 0. The van der Waals surface area contributed by atoms with Crippen molar-refractivity contribution in [2.24, 2.45) is 0 Å². The van der Waals surface area contributed by atoms with Crippen LogP contribution >= 0.6 is 17.0 Å². The molecule has 2 nitrogen and oxygen atoms in total. The second-order valence-electron chi connectivity index (χ2n) is 1.81. The van der Waals surface area contributed by atoms with Crippen molar-refractivity contribution in [1.82, 2.24) is 11.5 Å². The number of hydrogen-bond donors (Lipinski definition) is 2. The molecule has 1 saturated heterocycles. The molecule has 8 heavy (non-hydrogen) atoms. The van der Waals surface area contributed by atoms with E-state index in [1.54, 1.807) is 0 Å². The van der Waals surface area contributed by atoms with Gasteiger partial charge in [0.05, 0.1) is 0 Å². The number of piperidine rings is 1. The quantitative estimate of drug-likeness (QED) is 0.597. The standard InChI is InChI=1S/C5H11N.BrH.H3N/c1-2-4-6-5-3-1;;/h6H,1-5H2;1H;1H3. The maximum absolute atomic E-state index is 3.28. The summed E-state index contributed by atoms with van der Waals surface area (Å²) >= 11 is 0. The van der Waals surface area contributed by atoms with Gasteiger partial charge >= 0.3 is 0 Å². The van der Waals surface area contributed by atoms with Gasteiger partial charge in [0, 0.05) is 0 Å². The number of hydrogen-bond acceptors (Lipinski definition) is 2. The third kappa shape index (κ3) is 4.56. The Morgan fingerprint density at radius 1 is 0.875 bits per heavy atom. The summed E-state index contributed by atoms with van der Waals surface area (Å²) in [6.07, 6.45) is 4.22. The fraction of sp³-hybridized carbons (Fsp3) is 1.00. The van der Waals surface area contributed by atoms with E-state index in [1.807, 2.05) is 0 Å². The SMILES string of the molecule is Br.C1CCNCC1.N. The molecule has 52 valence electrons. The van der Waals surface area contributed by atoms with Crippen LogP contribution in [0.2, 0.25) is 0 Å². The lowest BCUT2D eigenvalue weighted by Crippen LogP contribution is -2.21. The molecule has 0 saturated carbocycles. The summed E-state index contributed by atoms with van der Waals surface area (Å²) in [5.74, 6) is 0. The summed E-state index contributed by atoms with van der Waals surface area (Å²) in [5.41, 5.74) is 0. The lowest BCUT2D eigenvalue weighted by Gasteiger charge is -2.08. The second kappa shape index (κ2) is 7.40. The lowest BCUT2D eigenvalue weighted by atomic mass is 10.2. The summed E-state index contributed by atoms with van der Waals surface area (Å²) in [6, 6.07) is 0. The van der Waals surface area contributed by atoms with Gasteiger partial charge in [0.1, 0.15) is 0 Å². The van der Waals surface area contributed by atoms with Crippen LogP contribution in [0.3, 0.4) is 0 Å². The van der Waals surface area contributed by atoms with Gasteiger partial charge in [-0.1, -0.05) is 6.42 Å². The Bertz CT molecular complexity index is 25.9. The van der Waals surface area contributed by atoms with E-state index >= 15 is 0 Å². The van der Waals surface area contributed by atoms with E-state index in [-0.39, 0.29) is 23.1 Å². The molecule has 1 aliphatic rings. The summed E-state index contributed by atoms with van der Waals surface area (Å²) in [6.45, 7) is 2.50. The highest BCUT2D eigenvalue weighted by atomic mass is 79.9. The minimum absolute atomic E-state index is 0. The molecule has 0 amide bonds. The van der Waals surface area contributed by atoms with E-state index in [1.165, 1.54) is 32.4 Å². The lowest BCUT2D eigenvalue weighted by molar-refractivity contribution is 0.520. The van der Waals surface area contributed by atoms with Crippen LogP contribution in [0.4, 0.5) is 0 Å². The average Bonchev–Trinajstić information content (AvgIpc) is 1.72. The van der Waals surface area contributed by atoms with E-state index in [2.05, 4.69) is 5.32 Å². The van der Waals surface area contributed by atoms with E-state index in [0.717, 1.165) is 0 Å². The number of nitrogens with one attached hydrogen (secondary N) is 1. The predicted octanol–water partition coefficient (Wildman–Crippen LogP) is 1.50. The fourth-order valence-corrected chi connectivity index (χ4v) is 0.802. The van der Waals surface area contributed by atoms with Gasteiger partial charge < -0.3 is 11.5 Å². The molecule has 0 atom stereocenters. The highest BCUT2D eigenvalue weighted by Crippen LogP contribution is 1.96. The molecule has 1 aliphatic heterocycles. The van der Waals surface area contributed by atoms with Crippen LogP contribution in [0.25, 0.3) is 0 Å². The highest BCUT2D eigenvalue weighted by molar-refractivity contribution is 8.93. The first-order valence-electron chi connectivity index (χ1n) is 2.71. The van der Waals surface area contributed by atoms with E-state index < -0.39 is 0 Å². The highest BCUT2D eigenvalue weighted by Gasteiger charge is 1.93. The van der Waals surface area contributed by atoms with Crippen LogP contribution in [-0.2, 0) is 0 Å². The van der Waals surface area contributed by atoms with Crippen molar-refractivity contribution in [1.29, 1.82) is 0 Å². The van der Waals surface area contributed by atoms with Crippen molar-refractivity contribution in [2.75, 3.05) is 13.1 Å². The number of rotatable bonds is 0. The zero-order chi connectivity index (χ0) is 4.24. The van der Waals surface area contributed by atoms with Gasteiger partial charge in [0.2, 0.25) is 0 Å². The second-order valence-corrected chi connectivity index (χ2v) is 1.81. The van der Waals surface area contributed by atoms with Crippen LogP contribution in [0, 0.1) is 0 Å². The Balaban J connectivity index is 0. The predicted molar refractivity (Wildman–Crippen MR) is 42.1 cm³/mol. The molecule has 0 spiro atoms. The summed E-state index contributed by atoms with van der Waals surface area (Å²) in [7, 11) is 0. The molecule has 4 N–H and O–H groups in total. The Kier molecular flexibility index (Phi) is 10.4. The van der Waals surface area contributed by atoms with Crippen molar-refractivity contribution < 1.29 is 0 Å². The molecule has 0 radical (unpaired) electrons. The molecule has 0 aromatic heterocycles. The topological polar surface area (TPSA) is 47.0 Å². The van der Waals surface area contributed by atoms with Crippen molar-refractivity contribution in [3.8, 4) is 0 Å². The molecule has 0 unspecified atom stereocenters. The number of halogens is 1. The summed E-state index contributed by atoms with van der Waals surface area (Å²) < 4.78 is 0. The normalized spacial score (nSPS) is 18.0. The Morgan fingerprint density at radius 3 is 1.50 bits per heavy atom. The van der Waals surface area contributed by atoms with Gasteiger partial charge in [-0.2, -0.15) is 0 Å². The first-order chi connectivity index (χ1) is 3.00. The van der Waals surface area contributed by atoms with Gasteiger partial charge in [-0.15, -0.1) is 17.0 Å². The monoisotopic (exact) mass is 182 g/mol. The fourth-order valence-electron chi connectivity index (χ4n) is 0.802. The molecular formula is C5H15BrN2. The first-order valence-corrected chi connectivity index (χ1v) is 2.71. The van der Waals surface area contributed by atoms with Crippen molar-refractivity contribution in [3.63, 3.8) is 0 Å². The largest absolute Gasteiger partial charge is 0.344 e. The van der Waals surface area contributed by atoms with Gasteiger partial charge in [-0.05, 0) is 25.9 Å². The van der Waals surface area contributed by atoms with Crippen LogP contribution in [-0.4, -0.2) is 13.1 Å². The third-order valence-electron chi connectivity index (χ3n) is 1.21. The maximum Gasteiger partial charge on any atom is -0.00489 e. The van der Waals surface area contributed by atoms with Gasteiger partial charge in [0.15, 0.2) is 0 Å². The third-order valence-corrected chi connectivity index (χ3v) is 1.21. The van der Waals surface area contributed by atoms with E-state index in [0.29, 0.717) is 0 Å². The zero-order valence-electron chi connectivity index (χ0n) is 5.15. The molecule has 0 aromatic rings. The van der Waals surface area contributed by atoms with Crippen molar-refractivity contribution in [2.45, 2.75) is 19.3 Å². The molecule has 0 aromatic carbocycles. The summed E-state index contributed by atoms with van der Waals surface area (Å²) in [4.78, 5) is 0. The molecule has 1 rings (SSSR count). The van der Waals surface area contributed by atoms with E-state index in [9.17, 15) is 0 Å². The Hall–Kier alpha value is 0.400. The molecular weight excluding hydrogens is 168 g/mol. The molecule has 3 heteroatoms. The molecule has 1 fully saturated rings. The minimum Gasteiger partial charge on any atom is -0.344 e. The smallest absolute Gasteiger partial charge is 0.00489 e.